The molecule has 26 heavy (non-hydrogen) atoms. The number of imidazole rings is 1. The number of rotatable bonds is 4. The normalized spacial score (nSPS) is 19.8. The smallest absolute Gasteiger partial charge is 0.264 e. The van der Waals surface area contributed by atoms with Crippen LogP contribution < -0.4 is 5.32 Å². The van der Waals surface area contributed by atoms with Crippen molar-refractivity contribution < 1.29 is 14.4 Å². The number of oxime groups is 1. The van der Waals surface area contributed by atoms with Gasteiger partial charge in [-0.3, -0.25) is 9.59 Å². The molecular weight excluding hydrogens is 334 g/mol. The third-order valence-corrected chi connectivity index (χ3v) is 4.83. The first-order valence-electron chi connectivity index (χ1n) is 8.70. The molecule has 2 aromatic heterocycles. The molecule has 1 unspecified atom stereocenters. The third-order valence-electron chi connectivity index (χ3n) is 4.83. The van der Waals surface area contributed by atoms with Gasteiger partial charge in [-0.15, -0.1) is 0 Å². The van der Waals surface area contributed by atoms with Crippen LogP contribution in [0.3, 0.4) is 0 Å². The summed E-state index contributed by atoms with van der Waals surface area (Å²) in [7, 11) is 0. The van der Waals surface area contributed by atoms with Gasteiger partial charge in [-0.1, -0.05) is 11.2 Å². The molecule has 136 valence electrons. The van der Waals surface area contributed by atoms with Gasteiger partial charge in [0.25, 0.3) is 5.91 Å². The minimum atomic E-state index is -0.541. The van der Waals surface area contributed by atoms with Crippen LogP contribution in [0.15, 0.2) is 29.7 Å². The number of pyridine rings is 1. The lowest BCUT2D eigenvalue weighted by Gasteiger charge is -2.39. The Morgan fingerprint density at radius 3 is 2.88 bits per heavy atom. The molecule has 1 fully saturated rings. The van der Waals surface area contributed by atoms with E-state index in [0.29, 0.717) is 25.9 Å². The number of nitrogens with one attached hydrogen (secondary N) is 1. The third kappa shape index (κ3) is 3.02. The summed E-state index contributed by atoms with van der Waals surface area (Å²) in [5.41, 5.74) is 3.64. The number of carbonyl (C=O) groups is 2. The maximum Gasteiger partial charge on any atom is 0.264 e. The number of aromatic nitrogens is 2. The Bertz CT molecular complexity index is 897. The summed E-state index contributed by atoms with van der Waals surface area (Å²) in [6.07, 6.45) is 3.95. The maximum absolute atomic E-state index is 12.5. The molecule has 0 bridgehead atoms. The molecule has 4 rings (SSSR count). The summed E-state index contributed by atoms with van der Waals surface area (Å²) in [4.78, 5) is 35.8. The second-order valence-corrected chi connectivity index (χ2v) is 6.94. The summed E-state index contributed by atoms with van der Waals surface area (Å²) in [5.74, 6) is -0.130. The van der Waals surface area contributed by atoms with Gasteiger partial charge in [0.2, 0.25) is 12.0 Å². The number of nitrogens with zero attached hydrogens (tertiary/aromatic N) is 4. The molecule has 8 heteroatoms. The Morgan fingerprint density at radius 1 is 1.35 bits per heavy atom. The van der Waals surface area contributed by atoms with Gasteiger partial charge < -0.3 is 19.5 Å². The predicted molar refractivity (Wildman–Crippen MR) is 94.7 cm³/mol. The highest BCUT2D eigenvalue weighted by atomic mass is 16.6. The van der Waals surface area contributed by atoms with Crippen molar-refractivity contribution in [2.75, 3.05) is 13.1 Å². The molecule has 2 aliphatic rings. The number of carbonyl (C=O) groups excluding carboxylic acids is 2. The SMILES string of the molecule is CC1=NOC(C(=O)NC2CN(C(=O)Cc3cnc4c(C)cccn34)C2)C1. The zero-order valence-electron chi connectivity index (χ0n) is 14.8. The average molecular weight is 355 g/mol. The lowest BCUT2D eigenvalue weighted by molar-refractivity contribution is -0.140. The molecular formula is C18H21N5O3. The van der Waals surface area contributed by atoms with Crippen molar-refractivity contribution >= 4 is 23.2 Å². The van der Waals surface area contributed by atoms with E-state index < -0.39 is 6.10 Å². The summed E-state index contributed by atoms with van der Waals surface area (Å²) in [5, 5.41) is 6.70. The van der Waals surface area contributed by atoms with Gasteiger partial charge in [-0.25, -0.2) is 4.98 Å². The summed E-state index contributed by atoms with van der Waals surface area (Å²) in [6.45, 7) is 4.87. The van der Waals surface area contributed by atoms with Crippen LogP contribution in [0.5, 0.6) is 0 Å². The van der Waals surface area contributed by atoms with E-state index >= 15 is 0 Å². The number of amides is 2. The Kier molecular flexibility index (Phi) is 4.10. The van der Waals surface area contributed by atoms with Crippen LogP contribution in [0.1, 0.15) is 24.6 Å². The van der Waals surface area contributed by atoms with Gasteiger partial charge in [0.15, 0.2) is 0 Å². The predicted octanol–water partition coefficient (Wildman–Crippen LogP) is 0.677. The quantitative estimate of drug-likeness (QED) is 0.873. The first-order chi connectivity index (χ1) is 12.5. The monoisotopic (exact) mass is 355 g/mol. The second-order valence-electron chi connectivity index (χ2n) is 6.94. The van der Waals surface area contributed by atoms with Crippen molar-refractivity contribution in [1.29, 1.82) is 0 Å². The van der Waals surface area contributed by atoms with Crippen LogP contribution in [0.25, 0.3) is 5.65 Å². The van der Waals surface area contributed by atoms with Crippen molar-refractivity contribution in [3.05, 3.63) is 35.8 Å². The summed E-state index contributed by atoms with van der Waals surface area (Å²) in [6, 6.07) is 3.92. The van der Waals surface area contributed by atoms with Crippen LogP contribution >= 0.6 is 0 Å². The van der Waals surface area contributed by atoms with Crippen molar-refractivity contribution in [2.24, 2.45) is 5.16 Å². The molecule has 4 heterocycles. The van der Waals surface area contributed by atoms with E-state index in [4.69, 9.17) is 4.84 Å². The molecule has 0 saturated carbocycles. The van der Waals surface area contributed by atoms with E-state index in [-0.39, 0.29) is 17.9 Å². The number of likely N-dealkylation sites (tertiary alicyclic amines) is 1. The van der Waals surface area contributed by atoms with Gasteiger partial charge >= 0.3 is 0 Å². The molecule has 1 saturated heterocycles. The standard InChI is InChI=1S/C18H21N5O3/c1-11-4-3-5-23-14(8-19-17(11)23)7-16(24)22-9-13(10-22)20-18(25)15-6-12(2)21-26-15/h3-5,8,13,15H,6-7,9-10H2,1-2H3,(H,20,25). The van der Waals surface area contributed by atoms with Gasteiger partial charge in [0.1, 0.15) is 5.65 Å². The molecule has 8 nitrogen and oxygen atoms in total. The zero-order valence-corrected chi connectivity index (χ0v) is 14.8. The minimum absolute atomic E-state index is 0.0274. The van der Waals surface area contributed by atoms with E-state index in [1.807, 2.05) is 36.6 Å². The van der Waals surface area contributed by atoms with Gasteiger partial charge in [-0.05, 0) is 25.5 Å². The van der Waals surface area contributed by atoms with E-state index in [2.05, 4.69) is 15.5 Å². The lowest BCUT2D eigenvalue weighted by Crippen LogP contribution is -2.62. The average Bonchev–Trinajstić information content (AvgIpc) is 3.18. The maximum atomic E-state index is 12.5. The molecule has 2 aliphatic heterocycles. The molecule has 2 amide bonds. The molecule has 1 N–H and O–H groups in total. The van der Waals surface area contributed by atoms with E-state index in [0.717, 1.165) is 22.6 Å². The summed E-state index contributed by atoms with van der Waals surface area (Å²) >= 11 is 0. The molecule has 1 atom stereocenters. The number of aryl methyl sites for hydroxylation is 1. The fraction of sp³-hybridized carbons (Fsp3) is 0.444. The van der Waals surface area contributed by atoms with Crippen molar-refractivity contribution in [2.45, 2.75) is 38.8 Å². The van der Waals surface area contributed by atoms with Crippen molar-refractivity contribution in [3.63, 3.8) is 0 Å². The Balaban J connectivity index is 1.29. The molecule has 0 aromatic carbocycles. The molecule has 0 spiro atoms. The van der Waals surface area contributed by atoms with Crippen LogP contribution in [-0.4, -0.2) is 57.0 Å². The van der Waals surface area contributed by atoms with E-state index in [9.17, 15) is 9.59 Å². The van der Waals surface area contributed by atoms with E-state index in [1.54, 1.807) is 11.1 Å². The fourth-order valence-electron chi connectivity index (χ4n) is 3.30. The summed E-state index contributed by atoms with van der Waals surface area (Å²) < 4.78 is 1.95. The first kappa shape index (κ1) is 16.6. The second kappa shape index (κ2) is 6.44. The number of hydrogen-bond acceptors (Lipinski definition) is 5. The van der Waals surface area contributed by atoms with Crippen LogP contribution in [0.4, 0.5) is 0 Å². The lowest BCUT2D eigenvalue weighted by atomic mass is 10.1. The van der Waals surface area contributed by atoms with Gasteiger partial charge in [-0.2, -0.15) is 0 Å². The van der Waals surface area contributed by atoms with Crippen LogP contribution in [0.2, 0.25) is 0 Å². The highest BCUT2D eigenvalue weighted by Crippen LogP contribution is 2.16. The van der Waals surface area contributed by atoms with Crippen LogP contribution in [0, 0.1) is 6.92 Å². The van der Waals surface area contributed by atoms with E-state index in [1.165, 1.54) is 0 Å². The largest absolute Gasteiger partial charge is 0.382 e. The van der Waals surface area contributed by atoms with Gasteiger partial charge in [0, 0.05) is 31.9 Å². The minimum Gasteiger partial charge on any atom is -0.382 e. The fourth-order valence-corrected chi connectivity index (χ4v) is 3.30. The molecule has 0 radical (unpaired) electrons. The van der Waals surface area contributed by atoms with Crippen LogP contribution in [-0.2, 0) is 20.8 Å². The number of hydrogen-bond donors (Lipinski definition) is 1. The Morgan fingerprint density at radius 2 is 2.15 bits per heavy atom. The van der Waals surface area contributed by atoms with Crippen molar-refractivity contribution in [1.82, 2.24) is 19.6 Å². The molecule has 0 aliphatic carbocycles. The van der Waals surface area contributed by atoms with Gasteiger partial charge in [0.05, 0.1) is 23.9 Å². The Labute approximate surface area is 150 Å². The molecule has 2 aromatic rings. The Hall–Kier alpha value is -2.90. The highest BCUT2D eigenvalue weighted by Gasteiger charge is 2.35. The number of fused-ring (bicyclic) bond motifs is 1. The first-order valence-corrected chi connectivity index (χ1v) is 8.70. The highest BCUT2D eigenvalue weighted by molar-refractivity contribution is 5.91. The zero-order chi connectivity index (χ0) is 18.3. The van der Waals surface area contributed by atoms with Crippen molar-refractivity contribution in [3.8, 4) is 0 Å². The topological polar surface area (TPSA) is 88.3 Å².